The molecular weight excluding hydrogens is 220 g/mol. The smallest absolute Gasteiger partial charge is 0.310 e. The first-order chi connectivity index (χ1) is 8.00. The zero-order chi connectivity index (χ0) is 12.9. The second kappa shape index (κ2) is 5.67. The standard InChI is InChI=1S/C12H18N2O3/c1-9(7-13)8-14-10(15)6-12(11(16)17)4-2-3-5-12/h9H,2-6,8H2,1H3,(H,14,15)(H,16,17). The van der Waals surface area contributed by atoms with Gasteiger partial charge in [-0.3, -0.25) is 9.59 Å². The number of carboxylic acid groups (broad SMARTS) is 1. The van der Waals surface area contributed by atoms with Gasteiger partial charge in [0.1, 0.15) is 0 Å². The molecule has 0 bridgehead atoms. The van der Waals surface area contributed by atoms with Crippen LogP contribution in [0.15, 0.2) is 0 Å². The molecule has 17 heavy (non-hydrogen) atoms. The minimum Gasteiger partial charge on any atom is -0.481 e. The van der Waals surface area contributed by atoms with Crippen LogP contribution in [-0.2, 0) is 9.59 Å². The number of aliphatic carboxylic acids is 1. The number of amides is 1. The Morgan fingerprint density at radius 2 is 2.06 bits per heavy atom. The average Bonchev–Trinajstić information content (AvgIpc) is 2.75. The van der Waals surface area contributed by atoms with Crippen LogP contribution in [0.25, 0.3) is 0 Å². The Balaban J connectivity index is 2.49. The van der Waals surface area contributed by atoms with E-state index in [1.165, 1.54) is 0 Å². The summed E-state index contributed by atoms with van der Waals surface area (Å²) in [5, 5.41) is 20.4. The van der Waals surface area contributed by atoms with Gasteiger partial charge in [0.05, 0.1) is 17.4 Å². The molecule has 1 unspecified atom stereocenters. The van der Waals surface area contributed by atoms with Crippen LogP contribution in [0.3, 0.4) is 0 Å². The molecule has 1 amide bonds. The third kappa shape index (κ3) is 3.45. The number of carbonyl (C=O) groups excluding carboxylic acids is 1. The molecule has 0 aromatic rings. The summed E-state index contributed by atoms with van der Waals surface area (Å²) in [6.07, 6.45) is 2.91. The first-order valence-corrected chi connectivity index (χ1v) is 5.90. The molecule has 1 fully saturated rings. The average molecular weight is 238 g/mol. The Kier molecular flexibility index (Phi) is 4.50. The van der Waals surface area contributed by atoms with Crippen LogP contribution < -0.4 is 5.32 Å². The van der Waals surface area contributed by atoms with E-state index in [1.807, 2.05) is 6.07 Å². The molecule has 0 aromatic heterocycles. The van der Waals surface area contributed by atoms with E-state index in [4.69, 9.17) is 5.26 Å². The van der Waals surface area contributed by atoms with E-state index in [-0.39, 0.29) is 24.8 Å². The maximum absolute atomic E-state index is 11.6. The lowest BCUT2D eigenvalue weighted by atomic mass is 9.82. The summed E-state index contributed by atoms with van der Waals surface area (Å²) < 4.78 is 0. The number of carbonyl (C=O) groups is 2. The van der Waals surface area contributed by atoms with Crippen LogP contribution >= 0.6 is 0 Å². The van der Waals surface area contributed by atoms with Crippen LogP contribution in [0.1, 0.15) is 39.0 Å². The van der Waals surface area contributed by atoms with Crippen LogP contribution in [0, 0.1) is 22.7 Å². The Morgan fingerprint density at radius 1 is 1.47 bits per heavy atom. The molecule has 0 aliphatic heterocycles. The molecule has 0 radical (unpaired) electrons. The molecular formula is C12H18N2O3. The quantitative estimate of drug-likeness (QED) is 0.755. The van der Waals surface area contributed by atoms with Crippen LogP contribution in [0.5, 0.6) is 0 Å². The Morgan fingerprint density at radius 3 is 2.53 bits per heavy atom. The van der Waals surface area contributed by atoms with Gasteiger partial charge in [0.2, 0.25) is 5.91 Å². The van der Waals surface area contributed by atoms with E-state index in [2.05, 4.69) is 5.32 Å². The van der Waals surface area contributed by atoms with Gasteiger partial charge in [-0.1, -0.05) is 12.8 Å². The molecule has 1 aliphatic carbocycles. The van der Waals surface area contributed by atoms with E-state index in [0.717, 1.165) is 12.8 Å². The molecule has 1 rings (SSSR count). The molecule has 1 aliphatic rings. The molecule has 5 nitrogen and oxygen atoms in total. The highest BCUT2D eigenvalue weighted by molar-refractivity contribution is 5.85. The fraction of sp³-hybridized carbons (Fsp3) is 0.750. The number of hydrogen-bond acceptors (Lipinski definition) is 3. The van der Waals surface area contributed by atoms with Crippen molar-refractivity contribution in [2.75, 3.05) is 6.54 Å². The highest BCUT2D eigenvalue weighted by Crippen LogP contribution is 2.41. The SMILES string of the molecule is CC(C#N)CNC(=O)CC1(C(=O)O)CCCC1. The number of nitrogens with one attached hydrogen (secondary N) is 1. The third-order valence-corrected chi connectivity index (χ3v) is 3.34. The largest absolute Gasteiger partial charge is 0.481 e. The summed E-state index contributed by atoms with van der Waals surface area (Å²) in [5.41, 5.74) is -0.875. The van der Waals surface area contributed by atoms with Gasteiger partial charge in [0, 0.05) is 13.0 Å². The minimum absolute atomic E-state index is 0.0283. The Bertz CT molecular complexity index is 340. The fourth-order valence-electron chi connectivity index (χ4n) is 2.20. The van der Waals surface area contributed by atoms with E-state index in [9.17, 15) is 14.7 Å². The van der Waals surface area contributed by atoms with Crippen molar-refractivity contribution in [3.8, 4) is 6.07 Å². The van der Waals surface area contributed by atoms with Crippen LogP contribution in [-0.4, -0.2) is 23.5 Å². The summed E-state index contributed by atoms with van der Waals surface area (Å²) in [4.78, 5) is 22.9. The van der Waals surface area contributed by atoms with E-state index < -0.39 is 11.4 Å². The predicted molar refractivity (Wildman–Crippen MR) is 60.9 cm³/mol. The van der Waals surface area contributed by atoms with Crippen molar-refractivity contribution in [1.29, 1.82) is 5.26 Å². The molecule has 5 heteroatoms. The first-order valence-electron chi connectivity index (χ1n) is 5.90. The second-order valence-corrected chi connectivity index (χ2v) is 4.80. The third-order valence-electron chi connectivity index (χ3n) is 3.34. The summed E-state index contributed by atoms with van der Waals surface area (Å²) in [6.45, 7) is 1.99. The zero-order valence-corrected chi connectivity index (χ0v) is 10.0. The Labute approximate surface area is 101 Å². The molecule has 1 atom stereocenters. The lowest BCUT2D eigenvalue weighted by Gasteiger charge is -2.22. The molecule has 0 aromatic carbocycles. The molecule has 0 heterocycles. The number of nitrogens with zero attached hydrogens (tertiary/aromatic N) is 1. The van der Waals surface area contributed by atoms with Gasteiger partial charge in [-0.25, -0.2) is 0 Å². The van der Waals surface area contributed by atoms with Crippen molar-refractivity contribution in [1.82, 2.24) is 5.32 Å². The van der Waals surface area contributed by atoms with Gasteiger partial charge >= 0.3 is 5.97 Å². The molecule has 0 spiro atoms. The van der Waals surface area contributed by atoms with Gasteiger partial charge in [-0.2, -0.15) is 5.26 Å². The lowest BCUT2D eigenvalue weighted by molar-refractivity contribution is -0.151. The van der Waals surface area contributed by atoms with Crippen LogP contribution in [0.4, 0.5) is 0 Å². The summed E-state index contributed by atoms with van der Waals surface area (Å²) in [6, 6.07) is 2.02. The van der Waals surface area contributed by atoms with E-state index >= 15 is 0 Å². The monoisotopic (exact) mass is 238 g/mol. The van der Waals surface area contributed by atoms with Crippen LogP contribution in [0.2, 0.25) is 0 Å². The minimum atomic E-state index is -0.876. The van der Waals surface area contributed by atoms with Crippen molar-refractivity contribution in [3.05, 3.63) is 0 Å². The van der Waals surface area contributed by atoms with Gasteiger partial charge in [-0.05, 0) is 19.8 Å². The van der Waals surface area contributed by atoms with Crippen molar-refractivity contribution in [3.63, 3.8) is 0 Å². The zero-order valence-electron chi connectivity index (χ0n) is 10.0. The van der Waals surface area contributed by atoms with E-state index in [0.29, 0.717) is 12.8 Å². The van der Waals surface area contributed by atoms with E-state index in [1.54, 1.807) is 6.92 Å². The predicted octanol–water partition coefficient (Wildman–Crippen LogP) is 1.30. The summed E-state index contributed by atoms with van der Waals surface area (Å²) in [5.74, 6) is -1.39. The molecule has 2 N–H and O–H groups in total. The first kappa shape index (κ1) is 13.5. The van der Waals surface area contributed by atoms with Crippen molar-refractivity contribution >= 4 is 11.9 Å². The maximum Gasteiger partial charge on any atom is 0.310 e. The molecule has 0 saturated heterocycles. The topological polar surface area (TPSA) is 90.2 Å². The number of hydrogen-bond donors (Lipinski definition) is 2. The summed E-state index contributed by atoms with van der Waals surface area (Å²) >= 11 is 0. The highest BCUT2D eigenvalue weighted by Gasteiger charge is 2.42. The van der Waals surface area contributed by atoms with Gasteiger partial charge < -0.3 is 10.4 Å². The normalized spacial score (nSPS) is 19.3. The number of carboxylic acids is 1. The maximum atomic E-state index is 11.6. The highest BCUT2D eigenvalue weighted by atomic mass is 16.4. The van der Waals surface area contributed by atoms with Gasteiger partial charge in [-0.15, -0.1) is 0 Å². The number of nitriles is 1. The Hall–Kier alpha value is -1.57. The van der Waals surface area contributed by atoms with Crippen molar-refractivity contribution < 1.29 is 14.7 Å². The fourth-order valence-corrected chi connectivity index (χ4v) is 2.20. The van der Waals surface area contributed by atoms with Crippen molar-refractivity contribution in [2.24, 2.45) is 11.3 Å². The second-order valence-electron chi connectivity index (χ2n) is 4.80. The van der Waals surface area contributed by atoms with Crippen molar-refractivity contribution in [2.45, 2.75) is 39.0 Å². The van der Waals surface area contributed by atoms with Gasteiger partial charge in [0.25, 0.3) is 0 Å². The summed E-state index contributed by atoms with van der Waals surface area (Å²) in [7, 11) is 0. The number of rotatable bonds is 5. The molecule has 94 valence electrons. The lowest BCUT2D eigenvalue weighted by Crippen LogP contribution is -2.37. The van der Waals surface area contributed by atoms with Gasteiger partial charge in [0.15, 0.2) is 0 Å². The molecule has 1 saturated carbocycles.